The van der Waals surface area contributed by atoms with Crippen LogP contribution in [-0.2, 0) is 9.59 Å². The van der Waals surface area contributed by atoms with Crippen molar-refractivity contribution in [2.75, 3.05) is 17.6 Å². The lowest BCUT2D eigenvalue weighted by Crippen LogP contribution is -2.39. The Kier molecular flexibility index (Phi) is 5.17. The molecule has 1 aliphatic heterocycles. The highest BCUT2D eigenvalue weighted by molar-refractivity contribution is 8.03. The summed E-state index contributed by atoms with van der Waals surface area (Å²) in [6.07, 6.45) is 0. The topological polar surface area (TPSA) is 73.2 Å². The van der Waals surface area contributed by atoms with Gasteiger partial charge in [-0.05, 0) is 23.1 Å². The lowest BCUT2D eigenvalue weighted by atomic mass is 10.1. The van der Waals surface area contributed by atoms with Gasteiger partial charge >= 0.3 is 0 Å². The molecule has 124 valence electrons. The third-order valence-corrected chi connectivity index (χ3v) is 4.49. The van der Waals surface area contributed by atoms with Crippen LogP contribution in [0.3, 0.4) is 0 Å². The van der Waals surface area contributed by atoms with Gasteiger partial charge in [0.05, 0.1) is 22.7 Å². The van der Waals surface area contributed by atoms with Crippen LogP contribution in [0.2, 0.25) is 0 Å². The van der Waals surface area contributed by atoms with Gasteiger partial charge in [0.2, 0.25) is 11.8 Å². The zero-order chi connectivity index (χ0) is 17.6. The number of nitrogens with one attached hydrogen (secondary N) is 1. The smallest absolute Gasteiger partial charge is 0.244 e. The Balaban J connectivity index is 1.79. The third kappa shape index (κ3) is 3.90. The van der Waals surface area contributed by atoms with E-state index in [1.54, 1.807) is 24.3 Å². The van der Waals surface area contributed by atoms with Gasteiger partial charge in [0, 0.05) is 0 Å². The molecule has 25 heavy (non-hydrogen) atoms. The van der Waals surface area contributed by atoms with Gasteiger partial charge in [0.1, 0.15) is 12.6 Å². The molecule has 0 fully saturated rings. The predicted molar refractivity (Wildman–Crippen MR) is 98.4 cm³/mol. The maximum absolute atomic E-state index is 12.4. The summed E-state index contributed by atoms with van der Waals surface area (Å²) in [5.41, 5.74) is 2.42. The molecule has 6 heteroatoms. The molecule has 0 bridgehead atoms. The fourth-order valence-corrected chi connectivity index (χ4v) is 3.30. The Hall–Kier alpha value is -3.04. The SMILES string of the molecule is N#Cc1ccccc1NC(=O)CN1C(=O)CSC=C1c1ccccc1. The second kappa shape index (κ2) is 7.69. The minimum absolute atomic E-state index is 0.0973. The van der Waals surface area contributed by atoms with Crippen LogP contribution in [0, 0.1) is 11.3 Å². The van der Waals surface area contributed by atoms with Crippen molar-refractivity contribution in [3.8, 4) is 6.07 Å². The monoisotopic (exact) mass is 349 g/mol. The van der Waals surface area contributed by atoms with Gasteiger partial charge in [0.15, 0.2) is 0 Å². The molecule has 1 N–H and O–H groups in total. The molecule has 0 aromatic heterocycles. The molecule has 0 atom stereocenters. The molecular formula is C19H15N3O2S. The molecule has 2 amide bonds. The maximum atomic E-state index is 12.4. The van der Waals surface area contributed by atoms with Crippen LogP contribution in [0.4, 0.5) is 5.69 Å². The quantitative estimate of drug-likeness (QED) is 0.921. The van der Waals surface area contributed by atoms with Crippen molar-refractivity contribution < 1.29 is 9.59 Å². The molecule has 1 heterocycles. The lowest BCUT2D eigenvalue weighted by molar-refractivity contribution is -0.129. The minimum atomic E-state index is -0.343. The van der Waals surface area contributed by atoms with Crippen LogP contribution < -0.4 is 5.32 Å². The largest absolute Gasteiger partial charge is 0.323 e. The van der Waals surface area contributed by atoms with Crippen molar-refractivity contribution >= 4 is 35.0 Å². The zero-order valence-corrected chi connectivity index (χ0v) is 14.1. The second-order valence-electron chi connectivity index (χ2n) is 5.37. The van der Waals surface area contributed by atoms with Gasteiger partial charge in [-0.1, -0.05) is 42.5 Å². The number of carbonyl (C=O) groups is 2. The Morgan fingerprint density at radius 2 is 1.88 bits per heavy atom. The van der Waals surface area contributed by atoms with Crippen molar-refractivity contribution in [1.82, 2.24) is 4.90 Å². The molecule has 0 aliphatic carbocycles. The standard InChI is InChI=1S/C19H15N3O2S/c20-10-15-8-4-5-9-16(15)21-18(23)11-22-17(12-25-13-19(22)24)14-6-2-1-3-7-14/h1-9,12H,11,13H2,(H,21,23). The number of para-hydroxylation sites is 1. The molecule has 0 saturated carbocycles. The molecule has 0 unspecified atom stereocenters. The number of anilines is 1. The van der Waals surface area contributed by atoms with Crippen molar-refractivity contribution in [1.29, 1.82) is 5.26 Å². The van der Waals surface area contributed by atoms with Crippen molar-refractivity contribution in [2.45, 2.75) is 0 Å². The van der Waals surface area contributed by atoms with Crippen LogP contribution in [0.15, 0.2) is 60.0 Å². The van der Waals surface area contributed by atoms with Crippen LogP contribution in [0.5, 0.6) is 0 Å². The van der Waals surface area contributed by atoms with E-state index in [1.807, 2.05) is 41.8 Å². The summed E-state index contributed by atoms with van der Waals surface area (Å²) in [5, 5.41) is 13.7. The molecule has 0 spiro atoms. The first-order chi connectivity index (χ1) is 12.2. The van der Waals surface area contributed by atoms with Crippen molar-refractivity contribution in [3.05, 3.63) is 71.1 Å². The number of carbonyl (C=O) groups excluding carboxylic acids is 2. The number of thioether (sulfide) groups is 1. The number of nitrogens with zero attached hydrogens (tertiary/aromatic N) is 2. The Bertz CT molecular complexity index is 872. The van der Waals surface area contributed by atoms with Crippen LogP contribution in [0.1, 0.15) is 11.1 Å². The van der Waals surface area contributed by atoms with E-state index in [0.717, 1.165) is 5.56 Å². The average Bonchev–Trinajstić information content (AvgIpc) is 2.64. The fraction of sp³-hybridized carbons (Fsp3) is 0.105. The number of benzene rings is 2. The summed E-state index contributed by atoms with van der Waals surface area (Å²) >= 11 is 1.42. The zero-order valence-electron chi connectivity index (χ0n) is 13.3. The molecule has 5 nitrogen and oxygen atoms in total. The molecule has 1 aliphatic rings. The van der Waals surface area contributed by atoms with E-state index in [2.05, 4.69) is 5.32 Å². The van der Waals surface area contributed by atoms with E-state index >= 15 is 0 Å². The van der Waals surface area contributed by atoms with E-state index in [-0.39, 0.29) is 18.4 Å². The lowest BCUT2D eigenvalue weighted by Gasteiger charge is -2.28. The predicted octanol–water partition coefficient (Wildman–Crippen LogP) is 3.07. The van der Waals surface area contributed by atoms with Crippen molar-refractivity contribution in [2.24, 2.45) is 0 Å². The van der Waals surface area contributed by atoms with E-state index in [4.69, 9.17) is 5.26 Å². The number of rotatable bonds is 4. The van der Waals surface area contributed by atoms with Gasteiger partial charge in [-0.15, -0.1) is 11.8 Å². The minimum Gasteiger partial charge on any atom is -0.323 e. The van der Waals surface area contributed by atoms with E-state index in [9.17, 15) is 9.59 Å². The molecule has 0 saturated heterocycles. The Morgan fingerprint density at radius 1 is 1.16 bits per heavy atom. The molecule has 0 radical (unpaired) electrons. The first kappa shape index (κ1) is 16.8. The molecule has 2 aromatic rings. The average molecular weight is 349 g/mol. The third-order valence-electron chi connectivity index (χ3n) is 3.69. The molecule has 2 aromatic carbocycles. The number of amides is 2. The van der Waals surface area contributed by atoms with Crippen molar-refractivity contribution in [3.63, 3.8) is 0 Å². The van der Waals surface area contributed by atoms with Crippen LogP contribution >= 0.6 is 11.8 Å². The summed E-state index contributed by atoms with van der Waals surface area (Å²) in [6, 6.07) is 18.3. The number of hydrogen-bond acceptors (Lipinski definition) is 4. The van der Waals surface area contributed by atoms with Gasteiger partial charge < -0.3 is 10.2 Å². The Morgan fingerprint density at radius 3 is 2.64 bits per heavy atom. The van der Waals surface area contributed by atoms with E-state index in [0.29, 0.717) is 22.7 Å². The second-order valence-corrected chi connectivity index (χ2v) is 6.22. The van der Waals surface area contributed by atoms with Gasteiger partial charge in [-0.2, -0.15) is 5.26 Å². The van der Waals surface area contributed by atoms with Gasteiger partial charge in [-0.25, -0.2) is 0 Å². The maximum Gasteiger partial charge on any atom is 0.244 e. The Labute approximate surface area is 149 Å². The van der Waals surface area contributed by atoms with Gasteiger partial charge in [0.25, 0.3) is 0 Å². The number of nitriles is 1. The molecule has 3 rings (SSSR count). The summed E-state index contributed by atoms with van der Waals surface area (Å²) < 4.78 is 0. The first-order valence-electron chi connectivity index (χ1n) is 7.65. The number of hydrogen-bond donors (Lipinski definition) is 1. The molecular weight excluding hydrogens is 334 g/mol. The van der Waals surface area contributed by atoms with E-state index in [1.165, 1.54) is 16.7 Å². The van der Waals surface area contributed by atoms with Crippen LogP contribution in [-0.4, -0.2) is 29.0 Å². The normalized spacial score (nSPS) is 13.8. The summed E-state index contributed by atoms with van der Waals surface area (Å²) in [5.74, 6) is -0.155. The summed E-state index contributed by atoms with van der Waals surface area (Å²) in [4.78, 5) is 26.2. The summed E-state index contributed by atoms with van der Waals surface area (Å²) in [6.45, 7) is -0.0973. The van der Waals surface area contributed by atoms with Crippen LogP contribution in [0.25, 0.3) is 5.70 Å². The highest BCUT2D eigenvalue weighted by Crippen LogP contribution is 2.28. The summed E-state index contributed by atoms with van der Waals surface area (Å²) in [7, 11) is 0. The fourth-order valence-electron chi connectivity index (χ4n) is 2.50. The highest BCUT2D eigenvalue weighted by Gasteiger charge is 2.25. The highest BCUT2D eigenvalue weighted by atomic mass is 32.2. The first-order valence-corrected chi connectivity index (χ1v) is 8.70. The van der Waals surface area contributed by atoms with E-state index < -0.39 is 0 Å². The van der Waals surface area contributed by atoms with Gasteiger partial charge in [-0.3, -0.25) is 9.59 Å².